The minimum Gasteiger partial charge on any atom is -0.294 e. The van der Waals surface area contributed by atoms with Gasteiger partial charge >= 0.3 is 0 Å². The molecule has 2 aromatic rings. The van der Waals surface area contributed by atoms with Gasteiger partial charge in [-0.1, -0.05) is 30.3 Å². The Kier molecular flexibility index (Phi) is 5.21. The molecule has 0 atom stereocenters. The molecule has 0 fully saturated rings. The number of rotatable bonds is 6. The van der Waals surface area contributed by atoms with E-state index in [1.807, 2.05) is 6.07 Å². The van der Waals surface area contributed by atoms with Gasteiger partial charge in [-0.3, -0.25) is 10.1 Å². The predicted molar refractivity (Wildman–Crippen MR) is 83.9 cm³/mol. The second-order valence-corrected chi connectivity index (χ2v) is 7.08. The standard InChI is InChI=1S/C15H17N3O3S/c1-12-7-9-16-15(17-12)18-14(19)8-10-22(20,21)11-13-5-3-2-4-6-13/h2-7,9H,8,10-11H2,1H3,(H,16,17,18,19). The van der Waals surface area contributed by atoms with Crippen molar-refractivity contribution in [3.8, 4) is 0 Å². The number of nitrogens with one attached hydrogen (secondary N) is 1. The van der Waals surface area contributed by atoms with E-state index in [1.54, 1.807) is 37.3 Å². The first kappa shape index (κ1) is 16.1. The average molecular weight is 319 g/mol. The van der Waals surface area contributed by atoms with Crippen LogP contribution in [-0.4, -0.2) is 30.0 Å². The van der Waals surface area contributed by atoms with Crippen LogP contribution in [0.25, 0.3) is 0 Å². The Morgan fingerprint density at radius 1 is 1.18 bits per heavy atom. The minimum absolute atomic E-state index is 0.0674. The van der Waals surface area contributed by atoms with E-state index in [2.05, 4.69) is 15.3 Å². The highest BCUT2D eigenvalue weighted by Gasteiger charge is 2.15. The van der Waals surface area contributed by atoms with Crippen LogP contribution in [0, 0.1) is 6.92 Å². The largest absolute Gasteiger partial charge is 0.294 e. The summed E-state index contributed by atoms with van der Waals surface area (Å²) in [6, 6.07) is 10.6. The number of hydrogen-bond acceptors (Lipinski definition) is 5. The number of nitrogens with zero attached hydrogens (tertiary/aromatic N) is 2. The third-order valence-electron chi connectivity index (χ3n) is 2.92. The van der Waals surface area contributed by atoms with E-state index in [4.69, 9.17) is 0 Å². The van der Waals surface area contributed by atoms with E-state index >= 15 is 0 Å². The highest BCUT2D eigenvalue weighted by atomic mass is 32.2. The molecule has 0 aliphatic carbocycles. The average Bonchev–Trinajstić information content (AvgIpc) is 2.46. The van der Waals surface area contributed by atoms with E-state index in [0.29, 0.717) is 5.56 Å². The Labute approximate surface area is 129 Å². The minimum atomic E-state index is -3.33. The van der Waals surface area contributed by atoms with Crippen LogP contribution in [-0.2, 0) is 20.4 Å². The molecule has 1 aromatic carbocycles. The van der Waals surface area contributed by atoms with Gasteiger partial charge in [0.15, 0.2) is 9.84 Å². The van der Waals surface area contributed by atoms with Crippen LogP contribution in [0.2, 0.25) is 0 Å². The van der Waals surface area contributed by atoms with Gasteiger partial charge in [0.25, 0.3) is 0 Å². The summed E-state index contributed by atoms with van der Waals surface area (Å²) >= 11 is 0. The molecule has 6 nitrogen and oxygen atoms in total. The maximum Gasteiger partial charge on any atom is 0.229 e. The molecule has 0 bridgehead atoms. The van der Waals surface area contributed by atoms with Crippen LogP contribution in [0.4, 0.5) is 5.95 Å². The molecule has 2 rings (SSSR count). The fourth-order valence-corrected chi connectivity index (χ4v) is 3.19. The van der Waals surface area contributed by atoms with Gasteiger partial charge in [0.2, 0.25) is 11.9 Å². The molecule has 0 saturated heterocycles. The molecule has 0 unspecified atom stereocenters. The molecule has 0 aliphatic heterocycles. The lowest BCUT2D eigenvalue weighted by Gasteiger charge is -2.06. The number of carbonyl (C=O) groups is 1. The molecule has 1 amide bonds. The lowest BCUT2D eigenvalue weighted by Crippen LogP contribution is -2.19. The number of amides is 1. The van der Waals surface area contributed by atoms with Crippen molar-refractivity contribution >= 4 is 21.7 Å². The van der Waals surface area contributed by atoms with Crippen molar-refractivity contribution in [3.63, 3.8) is 0 Å². The lowest BCUT2D eigenvalue weighted by molar-refractivity contribution is -0.115. The summed E-state index contributed by atoms with van der Waals surface area (Å²) in [7, 11) is -3.33. The molecule has 0 aliphatic rings. The zero-order valence-electron chi connectivity index (χ0n) is 12.2. The maximum absolute atomic E-state index is 12.0. The highest BCUT2D eigenvalue weighted by Crippen LogP contribution is 2.08. The summed E-state index contributed by atoms with van der Waals surface area (Å²) in [5.41, 5.74) is 1.44. The number of aromatic nitrogens is 2. The van der Waals surface area contributed by atoms with Crippen LogP contribution < -0.4 is 5.32 Å². The van der Waals surface area contributed by atoms with Gasteiger partial charge in [0.05, 0.1) is 11.5 Å². The van der Waals surface area contributed by atoms with Crippen LogP contribution in [0.1, 0.15) is 17.7 Å². The molecule has 1 N–H and O–H groups in total. The number of aryl methyl sites for hydroxylation is 1. The second kappa shape index (κ2) is 7.13. The molecular formula is C15H17N3O3S. The van der Waals surface area contributed by atoms with Crippen molar-refractivity contribution in [2.75, 3.05) is 11.1 Å². The van der Waals surface area contributed by atoms with E-state index in [-0.39, 0.29) is 23.9 Å². The van der Waals surface area contributed by atoms with Crippen molar-refractivity contribution in [2.24, 2.45) is 0 Å². The molecule has 0 radical (unpaired) electrons. The molecule has 0 spiro atoms. The monoisotopic (exact) mass is 319 g/mol. The zero-order valence-corrected chi connectivity index (χ0v) is 13.0. The molecular weight excluding hydrogens is 302 g/mol. The smallest absolute Gasteiger partial charge is 0.229 e. The molecule has 0 saturated carbocycles. The SMILES string of the molecule is Cc1ccnc(NC(=O)CCS(=O)(=O)Cc2ccccc2)n1. The van der Waals surface area contributed by atoms with Gasteiger partial charge in [-0.2, -0.15) is 0 Å². The van der Waals surface area contributed by atoms with E-state index < -0.39 is 15.7 Å². The van der Waals surface area contributed by atoms with Crippen molar-refractivity contribution in [1.82, 2.24) is 9.97 Å². The van der Waals surface area contributed by atoms with Crippen LogP contribution in [0.5, 0.6) is 0 Å². The van der Waals surface area contributed by atoms with Gasteiger partial charge in [-0.05, 0) is 18.6 Å². The molecule has 116 valence electrons. The number of anilines is 1. The van der Waals surface area contributed by atoms with Gasteiger partial charge in [-0.15, -0.1) is 0 Å². The van der Waals surface area contributed by atoms with Crippen molar-refractivity contribution < 1.29 is 13.2 Å². The fourth-order valence-electron chi connectivity index (χ4n) is 1.84. The zero-order chi connectivity index (χ0) is 16.0. The van der Waals surface area contributed by atoms with E-state index in [9.17, 15) is 13.2 Å². The Morgan fingerprint density at radius 2 is 1.91 bits per heavy atom. The molecule has 22 heavy (non-hydrogen) atoms. The van der Waals surface area contributed by atoms with Crippen LogP contribution in [0.3, 0.4) is 0 Å². The van der Waals surface area contributed by atoms with Crippen molar-refractivity contribution in [1.29, 1.82) is 0 Å². The lowest BCUT2D eigenvalue weighted by atomic mass is 10.2. The first-order chi connectivity index (χ1) is 10.4. The molecule has 7 heteroatoms. The van der Waals surface area contributed by atoms with Crippen molar-refractivity contribution in [3.05, 3.63) is 53.9 Å². The topological polar surface area (TPSA) is 89.0 Å². The van der Waals surface area contributed by atoms with Crippen LogP contribution >= 0.6 is 0 Å². The predicted octanol–water partition coefficient (Wildman–Crippen LogP) is 1.73. The Hall–Kier alpha value is -2.28. The van der Waals surface area contributed by atoms with E-state index in [1.165, 1.54) is 6.20 Å². The van der Waals surface area contributed by atoms with Gasteiger partial charge in [-0.25, -0.2) is 18.4 Å². The third-order valence-corrected chi connectivity index (χ3v) is 4.51. The molecule has 1 heterocycles. The summed E-state index contributed by atoms with van der Waals surface area (Å²) < 4.78 is 24.0. The maximum atomic E-state index is 12.0. The van der Waals surface area contributed by atoms with Gasteiger partial charge in [0.1, 0.15) is 0 Å². The summed E-state index contributed by atoms with van der Waals surface area (Å²) in [5, 5.41) is 2.49. The number of carbonyl (C=O) groups excluding carboxylic acids is 1. The summed E-state index contributed by atoms with van der Waals surface area (Å²) in [6.45, 7) is 1.78. The fraction of sp³-hybridized carbons (Fsp3) is 0.267. The number of sulfone groups is 1. The highest BCUT2D eigenvalue weighted by molar-refractivity contribution is 7.90. The summed E-state index contributed by atoms with van der Waals surface area (Å²) in [4.78, 5) is 19.7. The van der Waals surface area contributed by atoms with E-state index in [0.717, 1.165) is 5.69 Å². The Balaban J connectivity index is 1.87. The summed E-state index contributed by atoms with van der Waals surface area (Å²) in [6.07, 6.45) is 1.41. The first-order valence-corrected chi connectivity index (χ1v) is 8.60. The normalized spacial score (nSPS) is 11.1. The van der Waals surface area contributed by atoms with Crippen molar-refractivity contribution in [2.45, 2.75) is 19.1 Å². The third kappa shape index (κ3) is 5.25. The van der Waals surface area contributed by atoms with Gasteiger partial charge in [0, 0.05) is 18.3 Å². The number of benzene rings is 1. The number of hydrogen-bond donors (Lipinski definition) is 1. The Morgan fingerprint density at radius 3 is 2.59 bits per heavy atom. The quantitative estimate of drug-likeness (QED) is 0.876. The van der Waals surface area contributed by atoms with Gasteiger partial charge < -0.3 is 0 Å². The molecule has 1 aromatic heterocycles. The second-order valence-electron chi connectivity index (χ2n) is 4.90. The summed E-state index contributed by atoms with van der Waals surface area (Å²) in [5.74, 6) is -0.505. The van der Waals surface area contributed by atoms with Crippen LogP contribution in [0.15, 0.2) is 42.6 Å². The Bertz CT molecular complexity index is 746. The first-order valence-electron chi connectivity index (χ1n) is 6.78.